The summed E-state index contributed by atoms with van der Waals surface area (Å²) in [4.78, 5) is 28.4. The van der Waals surface area contributed by atoms with Gasteiger partial charge in [0.15, 0.2) is 0 Å². The molecule has 7 heteroatoms. The van der Waals surface area contributed by atoms with Gasteiger partial charge in [0.1, 0.15) is 5.82 Å². The Balaban J connectivity index is 1.69. The number of rotatable bonds is 4. The number of H-pyrrole nitrogens is 1. The van der Waals surface area contributed by atoms with Gasteiger partial charge in [0.05, 0.1) is 11.6 Å². The number of piperidine rings is 1. The minimum absolute atomic E-state index is 0.230. The van der Waals surface area contributed by atoms with Gasteiger partial charge in [0, 0.05) is 38.8 Å². The van der Waals surface area contributed by atoms with Gasteiger partial charge in [0.2, 0.25) is 0 Å². The molecule has 1 aromatic heterocycles. The number of nitrogens with one attached hydrogen (secondary N) is 2. The van der Waals surface area contributed by atoms with E-state index in [1.165, 1.54) is 13.1 Å². The van der Waals surface area contributed by atoms with E-state index < -0.39 is 5.69 Å². The van der Waals surface area contributed by atoms with Gasteiger partial charge in [-0.05, 0) is 24.5 Å². The van der Waals surface area contributed by atoms with E-state index >= 15 is 0 Å². The van der Waals surface area contributed by atoms with Gasteiger partial charge in [-0.1, -0.05) is 18.2 Å². The Morgan fingerprint density at radius 1 is 1.36 bits per heavy atom. The summed E-state index contributed by atoms with van der Waals surface area (Å²) in [6.07, 6.45) is 1.98. The fraction of sp³-hybridized carbons (Fsp3) is 0.389. The summed E-state index contributed by atoms with van der Waals surface area (Å²) >= 11 is 0. The average Bonchev–Trinajstić information content (AvgIpc) is 2.64. The van der Waals surface area contributed by atoms with Crippen molar-refractivity contribution in [2.75, 3.05) is 18.0 Å². The number of hydrogen-bond acceptors (Lipinski definition) is 5. The highest BCUT2D eigenvalue weighted by molar-refractivity contribution is 5.38. The predicted molar refractivity (Wildman–Crippen MR) is 95.5 cm³/mol. The first-order valence-corrected chi connectivity index (χ1v) is 8.35. The topological polar surface area (TPSA) is 93.9 Å². The van der Waals surface area contributed by atoms with Crippen LogP contribution < -0.4 is 21.5 Å². The molecule has 1 aromatic carbocycles. The van der Waals surface area contributed by atoms with E-state index in [1.54, 1.807) is 0 Å². The Bertz CT molecular complexity index is 877. The quantitative estimate of drug-likeness (QED) is 0.855. The molecule has 0 unspecified atom stereocenters. The SMILES string of the molecule is Cn1c(=O)cc(N2CCC[C@@H](NCc3ccccc3C#N)C2)[nH]c1=O. The van der Waals surface area contributed by atoms with Crippen molar-refractivity contribution in [2.45, 2.75) is 25.4 Å². The molecule has 0 radical (unpaired) electrons. The molecule has 7 nitrogen and oxygen atoms in total. The first-order valence-electron chi connectivity index (χ1n) is 8.35. The van der Waals surface area contributed by atoms with Gasteiger partial charge in [-0.25, -0.2) is 4.79 Å². The molecule has 1 aliphatic heterocycles. The number of nitrogens with zero attached hydrogens (tertiary/aromatic N) is 3. The molecule has 2 N–H and O–H groups in total. The Labute approximate surface area is 145 Å². The molecule has 2 heterocycles. The molecule has 1 fully saturated rings. The normalized spacial score (nSPS) is 17.3. The molecule has 0 bridgehead atoms. The minimum atomic E-state index is -0.402. The first kappa shape index (κ1) is 17.0. The second-order valence-electron chi connectivity index (χ2n) is 6.29. The van der Waals surface area contributed by atoms with E-state index in [0.29, 0.717) is 24.5 Å². The molecule has 130 valence electrons. The van der Waals surface area contributed by atoms with Crippen LogP contribution in [0.15, 0.2) is 39.9 Å². The van der Waals surface area contributed by atoms with Crippen LogP contribution in [0.5, 0.6) is 0 Å². The number of anilines is 1. The largest absolute Gasteiger partial charge is 0.356 e. The summed E-state index contributed by atoms with van der Waals surface area (Å²) in [7, 11) is 1.46. The van der Waals surface area contributed by atoms with Crippen molar-refractivity contribution in [2.24, 2.45) is 7.05 Å². The lowest BCUT2D eigenvalue weighted by atomic mass is 10.0. The molecule has 0 amide bonds. The van der Waals surface area contributed by atoms with E-state index in [1.807, 2.05) is 29.2 Å². The van der Waals surface area contributed by atoms with Crippen LogP contribution in [-0.4, -0.2) is 28.7 Å². The lowest BCUT2D eigenvalue weighted by Crippen LogP contribution is -2.47. The Kier molecular flexibility index (Phi) is 5.00. The zero-order valence-corrected chi connectivity index (χ0v) is 14.2. The smallest absolute Gasteiger partial charge is 0.329 e. The van der Waals surface area contributed by atoms with Crippen molar-refractivity contribution in [3.05, 3.63) is 62.3 Å². The monoisotopic (exact) mass is 339 g/mol. The second-order valence-corrected chi connectivity index (χ2v) is 6.29. The number of nitriles is 1. The maximum atomic E-state index is 11.8. The molecule has 1 atom stereocenters. The van der Waals surface area contributed by atoms with Gasteiger partial charge in [-0.2, -0.15) is 5.26 Å². The molecule has 0 aliphatic carbocycles. The lowest BCUT2D eigenvalue weighted by Gasteiger charge is -2.34. The molecule has 0 saturated carbocycles. The van der Waals surface area contributed by atoms with Crippen LogP contribution in [0.1, 0.15) is 24.0 Å². The Morgan fingerprint density at radius 2 is 2.16 bits per heavy atom. The van der Waals surface area contributed by atoms with E-state index in [2.05, 4.69) is 16.4 Å². The third-order valence-electron chi connectivity index (χ3n) is 4.61. The van der Waals surface area contributed by atoms with Crippen molar-refractivity contribution in [3.63, 3.8) is 0 Å². The third-order valence-corrected chi connectivity index (χ3v) is 4.61. The van der Waals surface area contributed by atoms with Crippen LogP contribution in [0.2, 0.25) is 0 Å². The Hall–Kier alpha value is -2.85. The van der Waals surface area contributed by atoms with Gasteiger partial charge >= 0.3 is 5.69 Å². The van der Waals surface area contributed by atoms with Crippen LogP contribution in [-0.2, 0) is 13.6 Å². The van der Waals surface area contributed by atoms with Crippen LogP contribution >= 0.6 is 0 Å². The van der Waals surface area contributed by atoms with E-state index in [9.17, 15) is 9.59 Å². The number of hydrogen-bond donors (Lipinski definition) is 2. The molecule has 25 heavy (non-hydrogen) atoms. The summed E-state index contributed by atoms with van der Waals surface area (Å²) < 4.78 is 1.06. The molecule has 1 saturated heterocycles. The van der Waals surface area contributed by atoms with Crippen molar-refractivity contribution in [3.8, 4) is 6.07 Å². The molecule has 2 aromatic rings. The molecule has 0 spiro atoms. The zero-order chi connectivity index (χ0) is 17.8. The van der Waals surface area contributed by atoms with Crippen LogP contribution in [0, 0.1) is 11.3 Å². The van der Waals surface area contributed by atoms with Crippen LogP contribution in [0.25, 0.3) is 0 Å². The first-order chi connectivity index (χ1) is 12.1. The van der Waals surface area contributed by atoms with Crippen molar-refractivity contribution in [1.29, 1.82) is 5.26 Å². The van der Waals surface area contributed by atoms with E-state index in [-0.39, 0.29) is 11.6 Å². The highest BCUT2D eigenvalue weighted by atomic mass is 16.2. The van der Waals surface area contributed by atoms with Gasteiger partial charge in [0.25, 0.3) is 5.56 Å². The lowest BCUT2D eigenvalue weighted by molar-refractivity contribution is 0.419. The van der Waals surface area contributed by atoms with Crippen molar-refractivity contribution >= 4 is 5.82 Å². The van der Waals surface area contributed by atoms with Gasteiger partial charge in [-0.3, -0.25) is 14.3 Å². The second kappa shape index (κ2) is 7.36. The third kappa shape index (κ3) is 3.80. The van der Waals surface area contributed by atoms with Crippen LogP contribution in [0.4, 0.5) is 5.82 Å². The molecule has 3 rings (SSSR count). The fourth-order valence-electron chi connectivity index (χ4n) is 3.11. The minimum Gasteiger partial charge on any atom is -0.356 e. The summed E-state index contributed by atoms with van der Waals surface area (Å²) in [5.74, 6) is 0.567. The zero-order valence-electron chi connectivity index (χ0n) is 14.2. The summed E-state index contributed by atoms with van der Waals surface area (Å²) in [6.45, 7) is 2.13. The number of aromatic amines is 1. The van der Waals surface area contributed by atoms with Crippen molar-refractivity contribution < 1.29 is 0 Å². The van der Waals surface area contributed by atoms with Gasteiger partial charge in [-0.15, -0.1) is 0 Å². The van der Waals surface area contributed by atoms with E-state index in [0.717, 1.165) is 29.5 Å². The van der Waals surface area contributed by atoms with Crippen LogP contribution in [0.3, 0.4) is 0 Å². The average molecular weight is 339 g/mol. The highest BCUT2D eigenvalue weighted by Crippen LogP contribution is 2.16. The predicted octanol–water partition coefficient (Wildman–Crippen LogP) is 0.704. The molecular weight excluding hydrogens is 318 g/mol. The highest BCUT2D eigenvalue weighted by Gasteiger charge is 2.21. The Morgan fingerprint density at radius 3 is 2.92 bits per heavy atom. The molecule has 1 aliphatic rings. The van der Waals surface area contributed by atoms with Crippen molar-refractivity contribution in [1.82, 2.24) is 14.9 Å². The van der Waals surface area contributed by atoms with Gasteiger partial charge < -0.3 is 10.2 Å². The van der Waals surface area contributed by atoms with E-state index in [4.69, 9.17) is 5.26 Å². The standard InChI is InChI=1S/C18H21N5O2/c1-22-17(24)9-16(21-18(22)25)23-8-4-7-15(12-23)20-11-14-6-3-2-5-13(14)10-19/h2-3,5-6,9,15,20H,4,7-8,11-12H2,1H3,(H,21,25)/t15-/m1/s1. The molecular formula is C18H21N5O2. The fourth-order valence-corrected chi connectivity index (χ4v) is 3.11. The maximum absolute atomic E-state index is 11.8. The maximum Gasteiger partial charge on any atom is 0.329 e. The summed E-state index contributed by atoms with van der Waals surface area (Å²) in [5, 5.41) is 12.7. The summed E-state index contributed by atoms with van der Waals surface area (Å²) in [5.41, 5.74) is 0.944. The summed E-state index contributed by atoms with van der Waals surface area (Å²) in [6, 6.07) is 11.5. The number of aromatic nitrogens is 2. The number of benzene rings is 1.